The third-order valence-electron chi connectivity index (χ3n) is 7.57. The molecular formula is C26H39NO7. The average molecular weight is 478 g/mol. The fourth-order valence-electron chi connectivity index (χ4n) is 5.86. The lowest BCUT2D eigenvalue weighted by Crippen LogP contribution is -2.57. The third kappa shape index (κ3) is 5.02. The number of nitrogens with one attached hydrogen (secondary N) is 1. The maximum atomic E-state index is 12.5. The van der Waals surface area contributed by atoms with Crippen molar-refractivity contribution in [2.75, 3.05) is 0 Å². The molecule has 0 radical (unpaired) electrons. The Bertz CT molecular complexity index is 834. The topological polar surface area (TPSA) is 121 Å². The summed E-state index contributed by atoms with van der Waals surface area (Å²) in [5.74, 6) is 0.0142. The quantitative estimate of drug-likeness (QED) is 0.181. The van der Waals surface area contributed by atoms with Crippen molar-refractivity contribution in [1.29, 1.82) is 0 Å². The van der Waals surface area contributed by atoms with Crippen LogP contribution in [-0.4, -0.2) is 69.9 Å². The van der Waals surface area contributed by atoms with Crippen LogP contribution in [-0.2, 0) is 23.8 Å². The number of carbonyl (C=O) groups excluding carboxylic acids is 2. The van der Waals surface area contributed by atoms with E-state index in [0.29, 0.717) is 12.3 Å². The molecule has 8 nitrogen and oxygen atoms in total. The first-order chi connectivity index (χ1) is 16.1. The van der Waals surface area contributed by atoms with Crippen LogP contribution in [0, 0.1) is 5.92 Å². The maximum absolute atomic E-state index is 12.5. The number of allylic oxidation sites excluding steroid dienone is 3. The molecule has 3 aliphatic heterocycles. The molecule has 190 valence electrons. The molecule has 3 unspecified atom stereocenters. The van der Waals surface area contributed by atoms with Crippen LogP contribution >= 0.6 is 0 Å². The molecule has 3 N–H and O–H groups in total. The molecule has 1 aliphatic carbocycles. The summed E-state index contributed by atoms with van der Waals surface area (Å²) in [6.45, 7) is 7.81. The smallest absolute Gasteiger partial charge is 0.244 e. The minimum Gasteiger partial charge on any atom is -0.384 e. The molecule has 1 amide bonds. The zero-order valence-electron chi connectivity index (χ0n) is 20.7. The van der Waals surface area contributed by atoms with Crippen LogP contribution in [0.3, 0.4) is 0 Å². The van der Waals surface area contributed by atoms with Crippen LogP contribution in [0.4, 0.5) is 0 Å². The van der Waals surface area contributed by atoms with Gasteiger partial charge in [-0.25, -0.2) is 0 Å². The van der Waals surface area contributed by atoms with E-state index in [1.165, 1.54) is 38.7 Å². The summed E-state index contributed by atoms with van der Waals surface area (Å²) in [5.41, 5.74) is -1.26. The number of unbranched alkanes of at least 4 members (excludes halogenated alkanes) is 3. The number of fused-ring (bicyclic) bond motifs is 4. The monoisotopic (exact) mass is 477 g/mol. The van der Waals surface area contributed by atoms with Gasteiger partial charge in [-0.05, 0) is 26.2 Å². The number of Topliss-reactive ketones (excluding diaryl/α,β-unsaturated/α-hetero) is 1. The largest absolute Gasteiger partial charge is 0.384 e. The molecule has 0 aromatic carbocycles. The first-order valence-corrected chi connectivity index (χ1v) is 12.7. The van der Waals surface area contributed by atoms with E-state index >= 15 is 0 Å². The van der Waals surface area contributed by atoms with Gasteiger partial charge in [0.2, 0.25) is 5.91 Å². The van der Waals surface area contributed by atoms with Gasteiger partial charge in [-0.2, -0.15) is 0 Å². The number of ketones is 1. The molecule has 4 fully saturated rings. The second-order valence-electron chi connectivity index (χ2n) is 10.7. The van der Waals surface area contributed by atoms with Crippen molar-refractivity contribution in [3.8, 4) is 0 Å². The zero-order valence-corrected chi connectivity index (χ0v) is 20.7. The molecule has 1 saturated carbocycles. The summed E-state index contributed by atoms with van der Waals surface area (Å²) in [7, 11) is 0. The van der Waals surface area contributed by atoms with Crippen molar-refractivity contribution >= 4 is 11.7 Å². The number of carbonyl (C=O) groups is 2. The van der Waals surface area contributed by atoms with Crippen LogP contribution in [0.2, 0.25) is 0 Å². The second-order valence-corrected chi connectivity index (χ2v) is 10.7. The molecule has 0 aromatic rings. The predicted octanol–water partition coefficient (Wildman–Crippen LogP) is 2.32. The highest BCUT2D eigenvalue weighted by Crippen LogP contribution is 2.62. The van der Waals surface area contributed by atoms with Gasteiger partial charge in [-0.3, -0.25) is 9.59 Å². The fourth-order valence-corrected chi connectivity index (χ4v) is 5.86. The SMILES string of the molecule is CCCCCCC(C)/C=C(C)/C=C/C(=O)N[C@H]1CC2(O[C@H]1O)[C@@H]1O[C@@H]1C(O)(CC(C)=O)[C@@H]1O[C@@H]12. The lowest BCUT2D eigenvalue weighted by molar-refractivity contribution is -0.161. The Hall–Kier alpha value is -1.58. The Morgan fingerprint density at radius 1 is 1.09 bits per heavy atom. The van der Waals surface area contributed by atoms with E-state index in [2.05, 4.69) is 25.2 Å². The number of aliphatic hydroxyl groups excluding tert-OH is 1. The Labute approximate surface area is 201 Å². The molecule has 0 aromatic heterocycles. The number of hydrogen-bond donors (Lipinski definition) is 3. The van der Waals surface area contributed by atoms with Crippen LogP contribution in [0.5, 0.6) is 0 Å². The second kappa shape index (κ2) is 9.82. The highest BCUT2D eigenvalue weighted by molar-refractivity contribution is 5.88. The minimum atomic E-state index is -1.36. The molecule has 4 aliphatic rings. The number of amides is 1. The molecule has 1 spiro atoms. The number of epoxide rings is 2. The van der Waals surface area contributed by atoms with E-state index in [1.807, 2.05) is 6.92 Å². The Kier molecular flexibility index (Phi) is 7.37. The van der Waals surface area contributed by atoms with E-state index in [4.69, 9.17) is 14.2 Å². The van der Waals surface area contributed by atoms with Crippen molar-refractivity contribution in [2.24, 2.45) is 5.92 Å². The van der Waals surface area contributed by atoms with Crippen LogP contribution in [0.15, 0.2) is 23.8 Å². The standard InChI is InChI=1S/C26H39NO7/c1-5-6-7-8-9-15(2)12-16(3)10-11-19(29)27-18-14-26(34-24(18)30)22-20(32-22)25(31,13-17(4)28)21-23(26)33-21/h10-12,15,18,20-24,30-31H,5-9,13-14H2,1-4H3,(H,27,29)/b11-10+,16-12+/t15?,18-,20-,21+,22+,23-,24+,25?,26?/m0/s1. The highest BCUT2D eigenvalue weighted by Gasteiger charge is 2.83. The third-order valence-corrected chi connectivity index (χ3v) is 7.57. The van der Waals surface area contributed by atoms with E-state index in [-0.39, 0.29) is 18.1 Å². The maximum Gasteiger partial charge on any atom is 0.244 e. The van der Waals surface area contributed by atoms with Gasteiger partial charge >= 0.3 is 0 Å². The van der Waals surface area contributed by atoms with Gasteiger partial charge in [0.1, 0.15) is 41.4 Å². The normalized spacial score (nSPS) is 41.3. The lowest BCUT2D eigenvalue weighted by Gasteiger charge is -2.33. The minimum absolute atomic E-state index is 0.0385. The predicted molar refractivity (Wildman–Crippen MR) is 125 cm³/mol. The van der Waals surface area contributed by atoms with Gasteiger partial charge in [0.05, 0.1) is 6.04 Å². The summed E-state index contributed by atoms with van der Waals surface area (Å²) in [6, 6.07) is -0.618. The van der Waals surface area contributed by atoms with Gasteiger partial charge in [0.25, 0.3) is 0 Å². The summed E-state index contributed by atoms with van der Waals surface area (Å²) in [4.78, 5) is 24.1. The van der Waals surface area contributed by atoms with Crippen molar-refractivity contribution < 1.29 is 34.0 Å². The fraction of sp³-hybridized carbons (Fsp3) is 0.769. The first kappa shape index (κ1) is 25.5. The Morgan fingerprint density at radius 2 is 1.76 bits per heavy atom. The van der Waals surface area contributed by atoms with Crippen molar-refractivity contribution in [3.05, 3.63) is 23.8 Å². The lowest BCUT2D eigenvalue weighted by atomic mass is 9.72. The highest BCUT2D eigenvalue weighted by atomic mass is 16.7. The van der Waals surface area contributed by atoms with Crippen LogP contribution < -0.4 is 5.32 Å². The molecule has 3 heterocycles. The van der Waals surface area contributed by atoms with Crippen molar-refractivity contribution in [2.45, 2.75) is 121 Å². The number of rotatable bonds is 11. The van der Waals surface area contributed by atoms with Gasteiger partial charge in [-0.15, -0.1) is 0 Å². The summed E-state index contributed by atoms with van der Waals surface area (Å²) in [5, 5.41) is 24.3. The van der Waals surface area contributed by atoms with E-state index < -0.39 is 47.9 Å². The van der Waals surface area contributed by atoms with Crippen molar-refractivity contribution in [3.63, 3.8) is 0 Å². The van der Waals surface area contributed by atoms with Crippen LogP contribution in [0.25, 0.3) is 0 Å². The van der Waals surface area contributed by atoms with Gasteiger partial charge in [0, 0.05) is 18.9 Å². The van der Waals surface area contributed by atoms with Gasteiger partial charge in [-0.1, -0.05) is 57.3 Å². The number of aliphatic hydroxyl groups is 2. The first-order valence-electron chi connectivity index (χ1n) is 12.7. The van der Waals surface area contributed by atoms with Gasteiger partial charge in [0.15, 0.2) is 6.29 Å². The molecule has 4 rings (SSSR count). The number of hydrogen-bond acceptors (Lipinski definition) is 7. The Balaban J connectivity index is 1.29. The average Bonchev–Trinajstić information content (AvgIpc) is 3.66. The van der Waals surface area contributed by atoms with E-state index in [1.54, 1.807) is 6.08 Å². The molecule has 3 saturated heterocycles. The summed E-state index contributed by atoms with van der Waals surface area (Å²) in [6.07, 6.45) is 8.54. The molecule has 8 heteroatoms. The van der Waals surface area contributed by atoms with E-state index in [0.717, 1.165) is 12.0 Å². The molecule has 0 bridgehead atoms. The zero-order chi connectivity index (χ0) is 24.7. The van der Waals surface area contributed by atoms with Crippen molar-refractivity contribution in [1.82, 2.24) is 5.32 Å². The molecule has 9 atom stereocenters. The van der Waals surface area contributed by atoms with E-state index in [9.17, 15) is 19.8 Å². The summed E-state index contributed by atoms with van der Waals surface area (Å²) < 4.78 is 17.4. The van der Waals surface area contributed by atoms with Crippen LogP contribution in [0.1, 0.15) is 72.6 Å². The summed E-state index contributed by atoms with van der Waals surface area (Å²) >= 11 is 0. The molecule has 34 heavy (non-hydrogen) atoms. The van der Waals surface area contributed by atoms with Gasteiger partial charge < -0.3 is 29.7 Å². The number of ether oxygens (including phenoxy) is 3. The Morgan fingerprint density at radius 3 is 2.38 bits per heavy atom. The molecular weight excluding hydrogens is 438 g/mol.